The lowest BCUT2D eigenvalue weighted by Crippen LogP contribution is -2.06. The standard InChI is InChI=1S/C17H16BrFO/c18-15-8-7-14(10-16(15)19)17(20)13-6-5-11-3-1-2-4-12(11)9-13/h5-10,17,20H,1-4H2. The molecular weight excluding hydrogens is 319 g/mol. The molecule has 0 bridgehead atoms. The van der Waals surface area contributed by atoms with Crippen LogP contribution >= 0.6 is 15.9 Å². The van der Waals surface area contributed by atoms with E-state index in [1.165, 1.54) is 30.0 Å². The fourth-order valence-electron chi connectivity index (χ4n) is 2.80. The van der Waals surface area contributed by atoms with E-state index in [9.17, 15) is 9.50 Å². The Bertz CT molecular complexity index is 639. The van der Waals surface area contributed by atoms with Gasteiger partial charge in [0.05, 0.1) is 4.47 Å². The Balaban J connectivity index is 1.93. The molecule has 1 aliphatic carbocycles. The number of hydrogen-bond donors (Lipinski definition) is 1. The second-order valence-corrected chi connectivity index (χ2v) is 6.17. The molecule has 1 aliphatic rings. The number of aryl methyl sites for hydroxylation is 2. The molecule has 1 atom stereocenters. The van der Waals surface area contributed by atoms with Crippen molar-refractivity contribution in [3.63, 3.8) is 0 Å². The van der Waals surface area contributed by atoms with Gasteiger partial charge in [0.2, 0.25) is 0 Å². The maximum Gasteiger partial charge on any atom is 0.137 e. The molecule has 3 heteroatoms. The van der Waals surface area contributed by atoms with Crippen molar-refractivity contribution < 1.29 is 9.50 Å². The van der Waals surface area contributed by atoms with Gasteiger partial charge in [-0.3, -0.25) is 0 Å². The Morgan fingerprint density at radius 2 is 1.60 bits per heavy atom. The largest absolute Gasteiger partial charge is 0.384 e. The quantitative estimate of drug-likeness (QED) is 0.854. The first kappa shape index (κ1) is 13.8. The van der Waals surface area contributed by atoms with E-state index in [2.05, 4.69) is 28.1 Å². The van der Waals surface area contributed by atoms with E-state index in [0.717, 1.165) is 18.4 Å². The third kappa shape index (κ3) is 2.65. The minimum Gasteiger partial charge on any atom is -0.384 e. The van der Waals surface area contributed by atoms with Crippen molar-refractivity contribution in [1.82, 2.24) is 0 Å². The van der Waals surface area contributed by atoms with Crippen LogP contribution in [-0.4, -0.2) is 5.11 Å². The molecule has 0 saturated heterocycles. The smallest absolute Gasteiger partial charge is 0.137 e. The molecule has 0 saturated carbocycles. The summed E-state index contributed by atoms with van der Waals surface area (Å²) in [5, 5.41) is 10.4. The monoisotopic (exact) mass is 334 g/mol. The van der Waals surface area contributed by atoms with Crippen molar-refractivity contribution in [3.05, 3.63) is 68.9 Å². The molecular formula is C17H16BrFO. The fraction of sp³-hybridized carbons (Fsp3) is 0.294. The van der Waals surface area contributed by atoms with Crippen LogP contribution in [0, 0.1) is 5.82 Å². The summed E-state index contributed by atoms with van der Waals surface area (Å²) < 4.78 is 14.0. The summed E-state index contributed by atoms with van der Waals surface area (Å²) in [7, 11) is 0. The minimum absolute atomic E-state index is 0.348. The van der Waals surface area contributed by atoms with Gasteiger partial charge in [0, 0.05) is 0 Å². The van der Waals surface area contributed by atoms with Gasteiger partial charge < -0.3 is 5.11 Å². The van der Waals surface area contributed by atoms with Crippen LogP contribution in [0.15, 0.2) is 40.9 Å². The summed E-state index contributed by atoms with van der Waals surface area (Å²) in [6.07, 6.45) is 3.88. The number of fused-ring (bicyclic) bond motifs is 1. The highest BCUT2D eigenvalue weighted by Crippen LogP contribution is 2.29. The molecule has 0 amide bonds. The zero-order valence-corrected chi connectivity index (χ0v) is 12.7. The van der Waals surface area contributed by atoms with E-state index in [4.69, 9.17) is 0 Å². The Hall–Kier alpha value is -1.19. The van der Waals surface area contributed by atoms with E-state index < -0.39 is 6.10 Å². The SMILES string of the molecule is OC(c1ccc(Br)c(F)c1)c1ccc2c(c1)CCCC2. The second-order valence-electron chi connectivity index (χ2n) is 5.31. The maximum atomic E-state index is 13.6. The summed E-state index contributed by atoms with van der Waals surface area (Å²) >= 11 is 3.13. The van der Waals surface area contributed by atoms with Crippen LogP contribution in [0.3, 0.4) is 0 Å². The van der Waals surface area contributed by atoms with Crippen molar-refractivity contribution >= 4 is 15.9 Å². The van der Waals surface area contributed by atoms with Gasteiger partial charge in [-0.1, -0.05) is 24.3 Å². The summed E-state index contributed by atoms with van der Waals surface area (Å²) in [6.45, 7) is 0. The number of benzene rings is 2. The topological polar surface area (TPSA) is 20.2 Å². The maximum absolute atomic E-state index is 13.6. The highest BCUT2D eigenvalue weighted by atomic mass is 79.9. The van der Waals surface area contributed by atoms with E-state index in [1.807, 2.05) is 6.07 Å². The number of aliphatic hydroxyl groups excluding tert-OH is 1. The Morgan fingerprint density at radius 1 is 0.950 bits per heavy atom. The summed E-state index contributed by atoms with van der Waals surface area (Å²) in [6, 6.07) is 10.9. The fourth-order valence-corrected chi connectivity index (χ4v) is 3.04. The van der Waals surface area contributed by atoms with Crippen LogP contribution < -0.4 is 0 Å². The first-order valence-corrected chi connectivity index (χ1v) is 7.69. The van der Waals surface area contributed by atoms with E-state index in [1.54, 1.807) is 12.1 Å². The molecule has 0 spiro atoms. The molecule has 0 heterocycles. The van der Waals surface area contributed by atoms with Gasteiger partial charge in [-0.15, -0.1) is 0 Å². The molecule has 2 aromatic carbocycles. The molecule has 2 aromatic rings. The molecule has 0 aromatic heterocycles. The zero-order valence-electron chi connectivity index (χ0n) is 11.1. The molecule has 20 heavy (non-hydrogen) atoms. The van der Waals surface area contributed by atoms with Crippen LogP contribution in [0.1, 0.15) is 41.2 Å². The number of aliphatic hydroxyl groups is 1. The highest BCUT2D eigenvalue weighted by molar-refractivity contribution is 9.10. The lowest BCUT2D eigenvalue weighted by molar-refractivity contribution is 0.219. The van der Waals surface area contributed by atoms with Gasteiger partial charge >= 0.3 is 0 Å². The third-order valence-corrected chi connectivity index (χ3v) is 4.59. The van der Waals surface area contributed by atoms with Crippen molar-refractivity contribution in [2.75, 3.05) is 0 Å². The molecule has 3 rings (SSSR count). The van der Waals surface area contributed by atoms with Crippen LogP contribution in [0.2, 0.25) is 0 Å². The summed E-state index contributed by atoms with van der Waals surface area (Å²) in [5.41, 5.74) is 4.13. The average molecular weight is 335 g/mol. The Kier molecular flexibility index (Phi) is 3.90. The van der Waals surface area contributed by atoms with Gasteiger partial charge in [-0.25, -0.2) is 4.39 Å². The van der Waals surface area contributed by atoms with Crippen LogP contribution in [0.25, 0.3) is 0 Å². The molecule has 0 radical (unpaired) electrons. The normalized spacial score (nSPS) is 15.8. The van der Waals surface area contributed by atoms with Gasteiger partial charge in [0.25, 0.3) is 0 Å². The predicted octanol–water partition coefficient (Wildman–Crippen LogP) is 4.55. The molecule has 1 N–H and O–H groups in total. The van der Waals surface area contributed by atoms with Crippen LogP contribution in [0.5, 0.6) is 0 Å². The Morgan fingerprint density at radius 3 is 2.35 bits per heavy atom. The predicted molar refractivity (Wildman–Crippen MR) is 81.2 cm³/mol. The minimum atomic E-state index is -0.773. The van der Waals surface area contributed by atoms with Gasteiger partial charge in [0.1, 0.15) is 11.9 Å². The van der Waals surface area contributed by atoms with E-state index in [0.29, 0.717) is 10.0 Å². The first-order chi connectivity index (χ1) is 9.65. The third-order valence-electron chi connectivity index (χ3n) is 3.95. The van der Waals surface area contributed by atoms with Gasteiger partial charge in [-0.05, 0) is 76.0 Å². The summed E-state index contributed by atoms with van der Waals surface area (Å²) in [4.78, 5) is 0. The molecule has 1 nitrogen and oxygen atoms in total. The zero-order chi connectivity index (χ0) is 14.1. The van der Waals surface area contributed by atoms with Crippen molar-refractivity contribution in [1.29, 1.82) is 0 Å². The molecule has 0 aliphatic heterocycles. The summed E-state index contributed by atoms with van der Waals surface area (Å²) in [5.74, 6) is -0.348. The first-order valence-electron chi connectivity index (χ1n) is 6.90. The van der Waals surface area contributed by atoms with Gasteiger partial charge in [-0.2, -0.15) is 0 Å². The van der Waals surface area contributed by atoms with E-state index in [-0.39, 0.29) is 5.82 Å². The number of hydrogen-bond acceptors (Lipinski definition) is 1. The number of halogens is 2. The van der Waals surface area contributed by atoms with Crippen molar-refractivity contribution in [2.45, 2.75) is 31.8 Å². The lowest BCUT2D eigenvalue weighted by Gasteiger charge is -2.19. The van der Waals surface area contributed by atoms with Crippen LogP contribution in [-0.2, 0) is 12.8 Å². The number of rotatable bonds is 2. The Labute approximate surface area is 126 Å². The molecule has 1 unspecified atom stereocenters. The molecule has 104 valence electrons. The lowest BCUT2D eigenvalue weighted by atomic mass is 9.88. The van der Waals surface area contributed by atoms with E-state index >= 15 is 0 Å². The average Bonchev–Trinajstić information content (AvgIpc) is 2.49. The van der Waals surface area contributed by atoms with Gasteiger partial charge in [0.15, 0.2) is 0 Å². The van der Waals surface area contributed by atoms with Crippen molar-refractivity contribution in [2.24, 2.45) is 0 Å². The second kappa shape index (κ2) is 5.66. The van der Waals surface area contributed by atoms with Crippen LogP contribution in [0.4, 0.5) is 4.39 Å². The highest BCUT2D eigenvalue weighted by Gasteiger charge is 2.15. The molecule has 0 fully saturated rings. The van der Waals surface area contributed by atoms with Crippen molar-refractivity contribution in [3.8, 4) is 0 Å².